The summed E-state index contributed by atoms with van der Waals surface area (Å²) in [5, 5.41) is 4.23. The first-order chi connectivity index (χ1) is 10.1. The first-order valence-electron chi connectivity index (χ1n) is 6.25. The second-order valence-electron chi connectivity index (χ2n) is 4.58. The van der Waals surface area contributed by atoms with E-state index in [1.165, 1.54) is 6.26 Å². The molecule has 2 N–H and O–H groups in total. The predicted molar refractivity (Wildman–Crippen MR) is 80.4 cm³/mol. The van der Waals surface area contributed by atoms with Gasteiger partial charge in [0.1, 0.15) is 11.4 Å². The maximum Gasteiger partial charge on any atom is 0.230 e. The van der Waals surface area contributed by atoms with Crippen molar-refractivity contribution < 1.29 is 13.7 Å². The quantitative estimate of drug-likeness (QED) is 0.786. The lowest BCUT2D eigenvalue weighted by molar-refractivity contribution is 0.416. The third-order valence-electron chi connectivity index (χ3n) is 3.22. The smallest absolute Gasteiger partial charge is 0.230 e. The Bertz CT molecular complexity index is 792. The van der Waals surface area contributed by atoms with E-state index in [1.807, 2.05) is 25.1 Å². The van der Waals surface area contributed by atoms with Gasteiger partial charge in [0.25, 0.3) is 0 Å². The third-order valence-corrected chi connectivity index (χ3v) is 3.51. The van der Waals surface area contributed by atoms with E-state index in [0.29, 0.717) is 22.6 Å². The average molecular weight is 305 g/mol. The number of hydrogen-bond donors (Lipinski definition) is 1. The standard InChI is InChI=1S/C15H13ClN2O3/c1-8-3-4-11(19-2)10(7-8)12-13(18-21-15(12)17)9-5-6-20-14(9)16/h3-7H,17H2,1-2H3. The zero-order valence-electron chi connectivity index (χ0n) is 11.5. The first-order valence-corrected chi connectivity index (χ1v) is 6.63. The van der Waals surface area contributed by atoms with E-state index < -0.39 is 0 Å². The van der Waals surface area contributed by atoms with Gasteiger partial charge in [0.05, 0.1) is 24.5 Å². The Balaban J connectivity index is 2.27. The van der Waals surface area contributed by atoms with Gasteiger partial charge >= 0.3 is 0 Å². The molecule has 0 radical (unpaired) electrons. The largest absolute Gasteiger partial charge is 0.496 e. The predicted octanol–water partition coefficient (Wildman–Crippen LogP) is 4.15. The number of nitrogens with zero attached hydrogens (tertiary/aromatic N) is 1. The number of furan rings is 1. The van der Waals surface area contributed by atoms with Crippen molar-refractivity contribution in [2.24, 2.45) is 0 Å². The van der Waals surface area contributed by atoms with Crippen molar-refractivity contribution in [2.75, 3.05) is 12.8 Å². The van der Waals surface area contributed by atoms with Gasteiger partial charge in [-0.2, -0.15) is 0 Å². The van der Waals surface area contributed by atoms with Crippen LogP contribution in [-0.2, 0) is 0 Å². The van der Waals surface area contributed by atoms with Gasteiger partial charge in [-0.05, 0) is 36.7 Å². The minimum atomic E-state index is 0.200. The van der Waals surface area contributed by atoms with Crippen LogP contribution >= 0.6 is 11.6 Å². The van der Waals surface area contributed by atoms with Crippen LogP contribution in [0.15, 0.2) is 39.5 Å². The van der Waals surface area contributed by atoms with Gasteiger partial charge in [-0.25, -0.2) is 0 Å². The number of hydrogen-bond acceptors (Lipinski definition) is 5. The molecule has 6 heteroatoms. The molecule has 2 heterocycles. The molecule has 5 nitrogen and oxygen atoms in total. The summed E-state index contributed by atoms with van der Waals surface area (Å²) in [6.07, 6.45) is 1.49. The molecule has 0 fully saturated rings. The molecule has 0 atom stereocenters. The molecule has 3 rings (SSSR count). The van der Waals surface area contributed by atoms with Gasteiger partial charge in [-0.15, -0.1) is 0 Å². The van der Waals surface area contributed by atoms with Crippen molar-refractivity contribution in [1.82, 2.24) is 5.16 Å². The Kier molecular flexibility index (Phi) is 3.35. The third kappa shape index (κ3) is 2.25. The Morgan fingerprint density at radius 2 is 2.05 bits per heavy atom. The lowest BCUT2D eigenvalue weighted by Gasteiger charge is -2.09. The maximum absolute atomic E-state index is 6.03. The van der Waals surface area contributed by atoms with Crippen LogP contribution < -0.4 is 10.5 Å². The molecular weight excluding hydrogens is 292 g/mol. The van der Waals surface area contributed by atoms with Gasteiger partial charge in [0.2, 0.25) is 11.1 Å². The Morgan fingerprint density at radius 1 is 1.24 bits per heavy atom. The lowest BCUT2D eigenvalue weighted by atomic mass is 10.00. The molecule has 0 bridgehead atoms. The van der Waals surface area contributed by atoms with Gasteiger partial charge in [0, 0.05) is 5.56 Å². The molecule has 0 saturated heterocycles. The van der Waals surface area contributed by atoms with Crippen molar-refractivity contribution in [1.29, 1.82) is 0 Å². The number of halogens is 1. The van der Waals surface area contributed by atoms with E-state index >= 15 is 0 Å². The SMILES string of the molecule is COc1ccc(C)cc1-c1c(-c2ccoc2Cl)noc1N. The van der Waals surface area contributed by atoms with Gasteiger partial charge in [0.15, 0.2) is 0 Å². The van der Waals surface area contributed by atoms with Crippen LogP contribution in [0.1, 0.15) is 5.56 Å². The maximum atomic E-state index is 6.03. The van der Waals surface area contributed by atoms with Gasteiger partial charge in [-0.1, -0.05) is 16.8 Å². The van der Waals surface area contributed by atoms with E-state index in [1.54, 1.807) is 13.2 Å². The molecule has 2 aromatic heterocycles. The van der Waals surface area contributed by atoms with Crippen LogP contribution in [0.4, 0.5) is 5.88 Å². The van der Waals surface area contributed by atoms with Crippen LogP contribution in [-0.4, -0.2) is 12.3 Å². The summed E-state index contributed by atoms with van der Waals surface area (Å²) >= 11 is 6.03. The van der Waals surface area contributed by atoms with E-state index in [2.05, 4.69) is 5.16 Å². The van der Waals surface area contributed by atoms with Crippen molar-refractivity contribution in [3.05, 3.63) is 41.3 Å². The molecule has 0 aliphatic rings. The number of anilines is 1. The summed E-state index contributed by atoms with van der Waals surface area (Å²) in [5.74, 6) is 0.877. The molecule has 0 amide bonds. The van der Waals surface area contributed by atoms with Crippen LogP contribution in [0.2, 0.25) is 5.22 Å². The van der Waals surface area contributed by atoms with Crippen molar-refractivity contribution in [3.8, 4) is 28.1 Å². The average Bonchev–Trinajstić information content (AvgIpc) is 3.04. The fourth-order valence-corrected chi connectivity index (χ4v) is 2.43. The highest BCUT2D eigenvalue weighted by Gasteiger charge is 2.23. The zero-order chi connectivity index (χ0) is 15.0. The molecule has 108 valence electrons. The van der Waals surface area contributed by atoms with E-state index in [0.717, 1.165) is 11.1 Å². The fourth-order valence-electron chi connectivity index (χ4n) is 2.23. The fraction of sp³-hybridized carbons (Fsp3) is 0.133. The zero-order valence-corrected chi connectivity index (χ0v) is 12.3. The molecule has 0 unspecified atom stereocenters. The summed E-state index contributed by atoms with van der Waals surface area (Å²) in [7, 11) is 1.60. The summed E-state index contributed by atoms with van der Waals surface area (Å²) in [5.41, 5.74) is 9.59. The number of aromatic nitrogens is 1. The highest BCUT2D eigenvalue weighted by atomic mass is 35.5. The number of aryl methyl sites for hydroxylation is 1. The molecule has 21 heavy (non-hydrogen) atoms. The van der Waals surface area contributed by atoms with E-state index in [4.69, 9.17) is 31.0 Å². The number of benzene rings is 1. The Labute approximate surface area is 126 Å². The lowest BCUT2D eigenvalue weighted by Crippen LogP contribution is -1.92. The van der Waals surface area contributed by atoms with Crippen molar-refractivity contribution in [2.45, 2.75) is 6.92 Å². The van der Waals surface area contributed by atoms with Crippen molar-refractivity contribution >= 4 is 17.5 Å². The summed E-state index contributed by atoms with van der Waals surface area (Å²) in [4.78, 5) is 0. The number of nitrogen functional groups attached to an aromatic ring is 1. The molecule has 0 aliphatic heterocycles. The van der Waals surface area contributed by atoms with Crippen LogP contribution in [0.5, 0.6) is 5.75 Å². The van der Waals surface area contributed by atoms with Gasteiger partial charge in [-0.3, -0.25) is 0 Å². The van der Waals surface area contributed by atoms with Gasteiger partial charge < -0.3 is 19.4 Å². The molecule has 3 aromatic rings. The van der Waals surface area contributed by atoms with Crippen molar-refractivity contribution in [3.63, 3.8) is 0 Å². The van der Waals surface area contributed by atoms with Crippen LogP contribution in [0.3, 0.4) is 0 Å². The minimum absolute atomic E-state index is 0.200. The van der Waals surface area contributed by atoms with Crippen LogP contribution in [0, 0.1) is 6.92 Å². The number of rotatable bonds is 3. The summed E-state index contributed by atoms with van der Waals surface area (Å²) in [6, 6.07) is 7.50. The number of nitrogens with two attached hydrogens (primary N) is 1. The molecule has 0 aliphatic carbocycles. The second-order valence-corrected chi connectivity index (χ2v) is 4.93. The number of ether oxygens (including phenoxy) is 1. The molecule has 0 saturated carbocycles. The topological polar surface area (TPSA) is 74.4 Å². The molecular formula is C15H13ClN2O3. The first kappa shape index (κ1) is 13.6. The highest BCUT2D eigenvalue weighted by Crippen LogP contribution is 2.43. The summed E-state index contributed by atoms with van der Waals surface area (Å²) in [6.45, 7) is 1.98. The Morgan fingerprint density at radius 3 is 2.71 bits per heavy atom. The van der Waals surface area contributed by atoms with E-state index in [9.17, 15) is 0 Å². The monoisotopic (exact) mass is 304 g/mol. The minimum Gasteiger partial charge on any atom is -0.496 e. The van der Waals surface area contributed by atoms with Crippen LogP contribution in [0.25, 0.3) is 22.4 Å². The summed E-state index contributed by atoms with van der Waals surface area (Å²) < 4.78 is 15.7. The molecule has 1 aromatic carbocycles. The second kappa shape index (κ2) is 5.18. The highest BCUT2D eigenvalue weighted by molar-refractivity contribution is 6.31. The Hall–Kier alpha value is -2.40. The molecule has 0 spiro atoms. The number of methoxy groups -OCH3 is 1. The normalized spacial score (nSPS) is 10.8. The van der Waals surface area contributed by atoms with E-state index in [-0.39, 0.29) is 11.1 Å².